The topological polar surface area (TPSA) is 70.2 Å². The Bertz CT molecular complexity index is 345. The van der Waals surface area contributed by atoms with Gasteiger partial charge in [0.1, 0.15) is 19.1 Å². The molecule has 6 nitrogen and oxygen atoms in total. The summed E-state index contributed by atoms with van der Waals surface area (Å²) in [5.74, 6) is 0. The molecule has 0 atom stereocenters. The van der Waals surface area contributed by atoms with Gasteiger partial charge in [0.25, 0.3) is 0 Å². The van der Waals surface area contributed by atoms with Gasteiger partial charge in [-0.25, -0.2) is 4.68 Å². The predicted molar refractivity (Wildman–Crippen MR) is 58.2 cm³/mol. The Morgan fingerprint density at radius 1 is 1.60 bits per heavy atom. The van der Waals surface area contributed by atoms with Crippen molar-refractivity contribution in [1.29, 1.82) is 0 Å². The minimum absolute atomic E-state index is 0.00777. The first-order valence-electron chi connectivity index (χ1n) is 4.63. The molecule has 0 N–H and O–H groups in total. The van der Waals surface area contributed by atoms with E-state index in [4.69, 9.17) is 4.74 Å². The van der Waals surface area contributed by atoms with Crippen LogP contribution in [0.5, 0.6) is 0 Å². The minimum Gasteiger partial charge on any atom is -0.363 e. The summed E-state index contributed by atoms with van der Waals surface area (Å²) in [5, 5.41) is 14.2. The van der Waals surface area contributed by atoms with Gasteiger partial charge in [-0.3, -0.25) is 10.1 Å². The zero-order chi connectivity index (χ0) is 11.5. The molecule has 1 aromatic heterocycles. The third-order valence-corrected chi connectivity index (χ3v) is 2.66. The minimum atomic E-state index is -1.22. The van der Waals surface area contributed by atoms with Crippen LogP contribution in [-0.2, 0) is 11.5 Å². The van der Waals surface area contributed by atoms with Gasteiger partial charge >= 0.3 is 5.69 Å². The fourth-order valence-corrected chi connectivity index (χ4v) is 1.67. The van der Waals surface area contributed by atoms with E-state index >= 15 is 0 Å². The average Bonchev–Trinajstić information content (AvgIpc) is 2.50. The third kappa shape index (κ3) is 4.22. The summed E-state index contributed by atoms with van der Waals surface area (Å²) in [6, 6.07) is 0. The highest BCUT2D eigenvalue weighted by Crippen LogP contribution is 2.08. The Balaban J connectivity index is 2.41. The molecule has 0 aliphatic rings. The summed E-state index contributed by atoms with van der Waals surface area (Å²) >= 11 is 0. The largest absolute Gasteiger partial charge is 0.363 e. The maximum Gasteiger partial charge on any atom is 0.307 e. The molecule has 7 heteroatoms. The maximum absolute atomic E-state index is 10.4. The fraction of sp³-hybridized carbons (Fsp3) is 0.625. The fourth-order valence-electron chi connectivity index (χ4n) is 0.963. The Hall–Kier alpha value is -1.21. The molecule has 0 aliphatic heterocycles. The third-order valence-electron chi connectivity index (χ3n) is 1.59. The van der Waals surface area contributed by atoms with Crippen LogP contribution < -0.4 is 0 Å². The molecule has 1 heterocycles. The van der Waals surface area contributed by atoms with Crippen LogP contribution >= 0.6 is 0 Å². The maximum atomic E-state index is 10.4. The SMILES string of the molecule is C[Si](C)(C)COCn1cc([N+](=O)[O-])cn1. The molecule has 0 aromatic carbocycles. The molecule has 0 aliphatic carbocycles. The molecule has 0 radical (unpaired) electrons. The summed E-state index contributed by atoms with van der Waals surface area (Å²) in [6.07, 6.45) is 3.31. The van der Waals surface area contributed by atoms with Crippen LogP contribution in [-0.4, -0.2) is 29.0 Å². The summed E-state index contributed by atoms with van der Waals surface area (Å²) in [5.41, 5.74) is -0.00777. The molecule has 1 aromatic rings. The Labute approximate surface area is 89.0 Å². The van der Waals surface area contributed by atoms with Gasteiger partial charge in [0.15, 0.2) is 0 Å². The lowest BCUT2D eigenvalue weighted by atomic mass is 10.6. The van der Waals surface area contributed by atoms with Gasteiger partial charge in [-0.05, 0) is 0 Å². The second-order valence-electron chi connectivity index (χ2n) is 4.53. The summed E-state index contributed by atoms with van der Waals surface area (Å²) in [6.45, 7) is 6.85. The van der Waals surface area contributed by atoms with Crippen molar-refractivity contribution >= 4 is 13.8 Å². The lowest BCUT2D eigenvalue weighted by molar-refractivity contribution is -0.385. The smallest absolute Gasteiger partial charge is 0.307 e. The molecule has 15 heavy (non-hydrogen) atoms. The van der Waals surface area contributed by atoms with E-state index in [9.17, 15) is 10.1 Å². The molecule has 1 rings (SSSR count). The van der Waals surface area contributed by atoms with Crippen molar-refractivity contribution in [2.24, 2.45) is 0 Å². The van der Waals surface area contributed by atoms with Crippen molar-refractivity contribution in [2.75, 3.05) is 6.23 Å². The van der Waals surface area contributed by atoms with Crippen molar-refractivity contribution in [3.05, 3.63) is 22.5 Å². The van der Waals surface area contributed by atoms with Gasteiger partial charge in [0, 0.05) is 6.23 Å². The highest BCUT2D eigenvalue weighted by molar-refractivity contribution is 6.76. The molecule has 0 bridgehead atoms. The highest BCUT2D eigenvalue weighted by atomic mass is 28.3. The Morgan fingerprint density at radius 3 is 2.73 bits per heavy atom. The Kier molecular flexibility index (Phi) is 3.59. The van der Waals surface area contributed by atoms with Crippen LogP contribution in [0.3, 0.4) is 0 Å². The van der Waals surface area contributed by atoms with Crippen molar-refractivity contribution in [1.82, 2.24) is 9.78 Å². The van der Waals surface area contributed by atoms with E-state index in [1.54, 1.807) is 0 Å². The quantitative estimate of drug-likeness (QED) is 0.437. The normalized spacial score (nSPS) is 11.7. The van der Waals surface area contributed by atoms with E-state index in [1.165, 1.54) is 17.1 Å². The molecular weight excluding hydrogens is 214 g/mol. The molecule has 0 amide bonds. The zero-order valence-corrected chi connectivity index (χ0v) is 10.1. The molecule has 0 saturated carbocycles. The van der Waals surface area contributed by atoms with E-state index in [0.29, 0.717) is 0 Å². The van der Waals surface area contributed by atoms with Gasteiger partial charge in [-0.2, -0.15) is 5.10 Å². The van der Waals surface area contributed by atoms with E-state index < -0.39 is 13.0 Å². The lowest BCUT2D eigenvalue weighted by Crippen LogP contribution is -2.28. The molecule has 0 fully saturated rings. The lowest BCUT2D eigenvalue weighted by Gasteiger charge is -2.15. The molecular formula is C8H15N3O3Si. The van der Waals surface area contributed by atoms with E-state index in [-0.39, 0.29) is 12.4 Å². The van der Waals surface area contributed by atoms with Gasteiger partial charge in [-0.1, -0.05) is 19.6 Å². The zero-order valence-electron chi connectivity index (χ0n) is 9.14. The summed E-state index contributed by atoms with van der Waals surface area (Å²) in [7, 11) is -1.22. The van der Waals surface area contributed by atoms with Crippen LogP contribution in [0.4, 0.5) is 5.69 Å². The number of aromatic nitrogens is 2. The van der Waals surface area contributed by atoms with E-state index in [0.717, 1.165) is 6.23 Å². The molecule has 84 valence electrons. The predicted octanol–water partition coefficient (Wildman–Crippen LogP) is 1.64. The monoisotopic (exact) mass is 229 g/mol. The van der Waals surface area contributed by atoms with Gasteiger partial charge in [-0.15, -0.1) is 0 Å². The van der Waals surface area contributed by atoms with Crippen molar-refractivity contribution < 1.29 is 9.66 Å². The number of hydrogen-bond donors (Lipinski definition) is 0. The standard InChI is InChI=1S/C8H15N3O3Si/c1-15(2,3)7-14-6-10-5-8(4-9-10)11(12)13/h4-5H,6-7H2,1-3H3. The number of nitro groups is 1. The number of hydrogen-bond acceptors (Lipinski definition) is 4. The van der Waals surface area contributed by atoms with Gasteiger partial charge < -0.3 is 4.74 Å². The van der Waals surface area contributed by atoms with Crippen LogP contribution in [0.25, 0.3) is 0 Å². The first kappa shape index (κ1) is 11.9. The van der Waals surface area contributed by atoms with Crippen LogP contribution in [0.2, 0.25) is 19.6 Å². The number of rotatable bonds is 5. The van der Waals surface area contributed by atoms with Crippen LogP contribution in [0, 0.1) is 10.1 Å². The number of ether oxygens (including phenoxy) is 1. The van der Waals surface area contributed by atoms with Gasteiger partial charge in [0.2, 0.25) is 0 Å². The molecule has 0 unspecified atom stereocenters. The van der Waals surface area contributed by atoms with Crippen LogP contribution in [0.15, 0.2) is 12.4 Å². The Morgan fingerprint density at radius 2 is 2.27 bits per heavy atom. The number of nitrogens with zero attached hydrogens (tertiary/aromatic N) is 3. The summed E-state index contributed by atoms with van der Waals surface area (Å²) < 4.78 is 6.85. The van der Waals surface area contributed by atoms with Crippen LogP contribution in [0.1, 0.15) is 0 Å². The first-order valence-corrected chi connectivity index (χ1v) is 8.34. The van der Waals surface area contributed by atoms with E-state index in [1.807, 2.05) is 0 Å². The average molecular weight is 229 g/mol. The van der Waals surface area contributed by atoms with Crippen molar-refractivity contribution in [3.8, 4) is 0 Å². The van der Waals surface area contributed by atoms with Crippen molar-refractivity contribution in [3.63, 3.8) is 0 Å². The first-order chi connectivity index (χ1) is 6.88. The van der Waals surface area contributed by atoms with Gasteiger partial charge in [0.05, 0.1) is 13.0 Å². The second-order valence-corrected chi connectivity index (χ2v) is 9.94. The highest BCUT2D eigenvalue weighted by Gasteiger charge is 2.14. The summed E-state index contributed by atoms with van der Waals surface area (Å²) in [4.78, 5) is 9.90. The van der Waals surface area contributed by atoms with E-state index in [2.05, 4.69) is 24.7 Å². The molecule has 0 spiro atoms. The molecule has 0 saturated heterocycles. The van der Waals surface area contributed by atoms with Crippen molar-refractivity contribution in [2.45, 2.75) is 26.4 Å². The second kappa shape index (κ2) is 4.54.